The van der Waals surface area contributed by atoms with Gasteiger partial charge in [0.1, 0.15) is 18.2 Å². The van der Waals surface area contributed by atoms with Crippen LogP contribution in [0.2, 0.25) is 5.02 Å². The lowest BCUT2D eigenvalue weighted by molar-refractivity contribution is -0.123. The molecule has 1 N–H and O–H groups in total. The number of nitrogens with one attached hydrogen (secondary N) is 1. The summed E-state index contributed by atoms with van der Waals surface area (Å²) in [6.07, 6.45) is 1.49. The van der Waals surface area contributed by atoms with Gasteiger partial charge in [0.05, 0.1) is 12.8 Å². The number of amides is 1. The van der Waals surface area contributed by atoms with Crippen molar-refractivity contribution in [1.82, 2.24) is 5.43 Å². The molecule has 0 atom stereocenters. The van der Waals surface area contributed by atoms with E-state index in [1.54, 1.807) is 18.2 Å². The van der Waals surface area contributed by atoms with Crippen LogP contribution in [0.1, 0.15) is 18.1 Å². The second-order valence-electron chi connectivity index (χ2n) is 6.59. The normalized spacial score (nSPS) is 10.7. The maximum Gasteiger partial charge on any atom is 0.277 e. The molecule has 6 nitrogen and oxygen atoms in total. The number of carbonyl (C=O) groups is 1. The molecule has 3 aromatic rings. The average Bonchev–Trinajstić information content (AvgIpc) is 2.79. The summed E-state index contributed by atoms with van der Waals surface area (Å²) in [4.78, 5) is 11.9. The zero-order valence-electron chi connectivity index (χ0n) is 17.4. The minimum absolute atomic E-state index is 0.245. The van der Waals surface area contributed by atoms with E-state index in [0.29, 0.717) is 41.0 Å². The second-order valence-corrected chi connectivity index (χ2v) is 7.03. The Morgan fingerprint density at radius 2 is 1.75 bits per heavy atom. The molecule has 3 aromatic carbocycles. The first-order chi connectivity index (χ1) is 15.5. The van der Waals surface area contributed by atoms with Crippen molar-refractivity contribution < 1.29 is 23.4 Å². The quantitative estimate of drug-likeness (QED) is 0.345. The molecular weight excluding hydrogens is 435 g/mol. The number of hydrogen-bond donors (Lipinski definition) is 1. The molecule has 3 rings (SSSR count). The van der Waals surface area contributed by atoms with Crippen molar-refractivity contribution in [3.05, 3.63) is 88.7 Å². The van der Waals surface area contributed by atoms with Crippen molar-refractivity contribution in [1.29, 1.82) is 0 Å². The van der Waals surface area contributed by atoms with Gasteiger partial charge in [-0.3, -0.25) is 4.79 Å². The Morgan fingerprint density at radius 1 is 1.00 bits per heavy atom. The summed E-state index contributed by atoms with van der Waals surface area (Å²) in [7, 11) is 0. The lowest BCUT2D eigenvalue weighted by Crippen LogP contribution is -2.24. The first kappa shape index (κ1) is 23.1. The predicted molar refractivity (Wildman–Crippen MR) is 121 cm³/mol. The molecular formula is C24H22ClFN2O4. The van der Waals surface area contributed by atoms with Crippen molar-refractivity contribution in [2.24, 2.45) is 5.10 Å². The van der Waals surface area contributed by atoms with E-state index in [0.717, 1.165) is 5.56 Å². The highest BCUT2D eigenvalue weighted by molar-refractivity contribution is 6.30. The molecule has 0 aliphatic heterocycles. The molecule has 8 heteroatoms. The van der Waals surface area contributed by atoms with E-state index in [-0.39, 0.29) is 12.4 Å². The molecule has 0 unspecified atom stereocenters. The van der Waals surface area contributed by atoms with E-state index in [2.05, 4.69) is 10.5 Å². The van der Waals surface area contributed by atoms with Gasteiger partial charge < -0.3 is 14.2 Å². The van der Waals surface area contributed by atoms with Crippen LogP contribution in [0.3, 0.4) is 0 Å². The van der Waals surface area contributed by atoms with Crippen molar-refractivity contribution in [2.45, 2.75) is 13.5 Å². The number of benzene rings is 3. The van der Waals surface area contributed by atoms with Crippen LogP contribution in [-0.2, 0) is 11.4 Å². The van der Waals surface area contributed by atoms with Gasteiger partial charge in [0.15, 0.2) is 18.1 Å². The Kier molecular flexibility index (Phi) is 8.45. The van der Waals surface area contributed by atoms with Crippen LogP contribution >= 0.6 is 11.6 Å². The van der Waals surface area contributed by atoms with Gasteiger partial charge >= 0.3 is 0 Å². The van der Waals surface area contributed by atoms with Crippen molar-refractivity contribution in [3.63, 3.8) is 0 Å². The van der Waals surface area contributed by atoms with Crippen LogP contribution in [0.5, 0.6) is 17.2 Å². The minimum Gasteiger partial charge on any atom is -0.490 e. The summed E-state index contributed by atoms with van der Waals surface area (Å²) in [5.74, 6) is 0.728. The van der Waals surface area contributed by atoms with Crippen molar-refractivity contribution in [3.8, 4) is 17.2 Å². The SMILES string of the molecule is CCOc1cc(/C=N\NC(=O)COc2ccc(F)cc2)ccc1OCc1ccc(Cl)cc1. The Balaban J connectivity index is 1.54. The summed E-state index contributed by atoms with van der Waals surface area (Å²) >= 11 is 5.91. The first-order valence-corrected chi connectivity index (χ1v) is 10.3. The van der Waals surface area contributed by atoms with Gasteiger partial charge in [-0.2, -0.15) is 5.10 Å². The molecule has 32 heavy (non-hydrogen) atoms. The van der Waals surface area contributed by atoms with E-state index < -0.39 is 5.91 Å². The number of rotatable bonds is 10. The van der Waals surface area contributed by atoms with Gasteiger partial charge in [0, 0.05) is 5.02 Å². The first-order valence-electron chi connectivity index (χ1n) is 9.88. The van der Waals surface area contributed by atoms with E-state index in [9.17, 15) is 9.18 Å². The fourth-order valence-electron chi connectivity index (χ4n) is 2.63. The number of hydrazone groups is 1. The third-order valence-corrected chi connectivity index (χ3v) is 4.41. The fraction of sp³-hybridized carbons (Fsp3) is 0.167. The van der Waals surface area contributed by atoms with E-state index in [1.807, 2.05) is 31.2 Å². The van der Waals surface area contributed by atoms with Crippen LogP contribution in [-0.4, -0.2) is 25.3 Å². The van der Waals surface area contributed by atoms with Crippen LogP contribution in [0, 0.1) is 5.82 Å². The lowest BCUT2D eigenvalue weighted by atomic mass is 10.2. The van der Waals surface area contributed by atoms with E-state index >= 15 is 0 Å². The average molecular weight is 457 g/mol. The molecule has 0 aliphatic carbocycles. The fourth-order valence-corrected chi connectivity index (χ4v) is 2.75. The zero-order chi connectivity index (χ0) is 22.8. The van der Waals surface area contributed by atoms with Crippen LogP contribution in [0.25, 0.3) is 0 Å². The van der Waals surface area contributed by atoms with E-state index in [4.69, 9.17) is 25.8 Å². The third-order valence-electron chi connectivity index (χ3n) is 4.16. The molecule has 0 spiro atoms. The van der Waals surface area contributed by atoms with Gasteiger partial charge in [0.2, 0.25) is 0 Å². The molecule has 0 bridgehead atoms. The molecule has 0 fully saturated rings. The van der Waals surface area contributed by atoms with Crippen molar-refractivity contribution >= 4 is 23.7 Å². The third kappa shape index (κ3) is 7.28. The van der Waals surface area contributed by atoms with Crippen LogP contribution in [0.4, 0.5) is 4.39 Å². The smallest absolute Gasteiger partial charge is 0.277 e. The molecule has 0 radical (unpaired) electrons. The highest BCUT2D eigenvalue weighted by atomic mass is 35.5. The maximum absolute atomic E-state index is 12.9. The van der Waals surface area contributed by atoms with Gasteiger partial charge in [-0.15, -0.1) is 0 Å². The summed E-state index contributed by atoms with van der Waals surface area (Å²) < 4.78 is 29.7. The number of nitrogens with zero attached hydrogens (tertiary/aromatic N) is 1. The molecule has 0 heterocycles. The number of hydrogen-bond acceptors (Lipinski definition) is 5. The minimum atomic E-state index is -0.446. The maximum atomic E-state index is 12.9. The molecule has 0 saturated heterocycles. The van der Waals surface area contributed by atoms with Gasteiger partial charge in [0.25, 0.3) is 5.91 Å². The summed E-state index contributed by atoms with van der Waals surface area (Å²) in [5, 5.41) is 4.60. The van der Waals surface area contributed by atoms with E-state index in [1.165, 1.54) is 30.5 Å². The molecule has 0 aromatic heterocycles. The monoisotopic (exact) mass is 456 g/mol. The lowest BCUT2D eigenvalue weighted by Gasteiger charge is -2.12. The second kappa shape index (κ2) is 11.7. The zero-order valence-corrected chi connectivity index (χ0v) is 18.1. The largest absolute Gasteiger partial charge is 0.490 e. The summed E-state index contributed by atoms with van der Waals surface area (Å²) in [5.41, 5.74) is 4.07. The van der Waals surface area contributed by atoms with Crippen molar-refractivity contribution in [2.75, 3.05) is 13.2 Å². The van der Waals surface area contributed by atoms with Gasteiger partial charge in [-0.25, -0.2) is 9.82 Å². The summed E-state index contributed by atoms with van der Waals surface area (Å²) in [6, 6.07) is 18.1. The predicted octanol–water partition coefficient (Wildman–Crippen LogP) is 4.99. The Bertz CT molecular complexity index is 1060. The highest BCUT2D eigenvalue weighted by Gasteiger charge is 2.07. The Hall–Kier alpha value is -3.58. The number of halogens is 2. The van der Waals surface area contributed by atoms with Crippen LogP contribution < -0.4 is 19.6 Å². The molecule has 0 saturated carbocycles. The molecule has 1 amide bonds. The number of carbonyl (C=O) groups excluding carboxylic acids is 1. The topological polar surface area (TPSA) is 69.2 Å². The Labute approximate surface area is 190 Å². The number of ether oxygens (including phenoxy) is 3. The van der Waals surface area contributed by atoms with Gasteiger partial charge in [-0.1, -0.05) is 23.7 Å². The molecule has 0 aliphatic rings. The highest BCUT2D eigenvalue weighted by Crippen LogP contribution is 2.29. The van der Waals surface area contributed by atoms with Gasteiger partial charge in [-0.05, 0) is 72.6 Å². The standard InChI is InChI=1S/C24H22ClFN2O4/c1-2-30-23-13-18(5-12-22(23)32-15-17-3-6-19(25)7-4-17)14-27-28-24(29)16-31-21-10-8-20(26)9-11-21/h3-14H,2,15-16H2,1H3,(H,28,29)/b27-14-. The summed E-state index contributed by atoms with van der Waals surface area (Å²) in [6.45, 7) is 2.47. The Morgan fingerprint density at radius 3 is 2.47 bits per heavy atom. The molecule has 166 valence electrons. The van der Waals surface area contributed by atoms with Crippen LogP contribution in [0.15, 0.2) is 71.8 Å².